The predicted octanol–water partition coefficient (Wildman–Crippen LogP) is 0.720. The van der Waals surface area contributed by atoms with Crippen molar-refractivity contribution in [3.05, 3.63) is 15.9 Å². The van der Waals surface area contributed by atoms with Crippen LogP contribution in [0.2, 0.25) is 0 Å². The summed E-state index contributed by atoms with van der Waals surface area (Å²) in [7, 11) is 1.83. The van der Waals surface area contributed by atoms with Crippen molar-refractivity contribution in [1.29, 1.82) is 0 Å². The number of carbonyl (C=O) groups is 1. The largest absolute Gasteiger partial charge is 0.379 e. The summed E-state index contributed by atoms with van der Waals surface area (Å²) in [4.78, 5) is 12.2. The number of nitrogens with two attached hydrogens (primary N) is 1. The average Bonchev–Trinajstić information content (AvgIpc) is 2.80. The van der Waals surface area contributed by atoms with Crippen LogP contribution in [-0.2, 0) is 23.0 Å². The topological polar surface area (TPSA) is 70.1 Å². The number of nitrogens with zero attached hydrogens (tertiary/aromatic N) is 2. The Bertz CT molecular complexity index is 450. The molecule has 1 unspecified atom stereocenters. The number of aromatic nitrogens is 2. The monoisotopic (exact) mass is 301 g/mol. The molecule has 1 saturated heterocycles. The van der Waals surface area contributed by atoms with Gasteiger partial charge in [0.15, 0.2) is 5.78 Å². The highest BCUT2D eigenvalue weighted by Crippen LogP contribution is 2.24. The molecule has 0 spiro atoms. The Hall–Kier alpha value is -0.720. The first-order valence-corrected chi connectivity index (χ1v) is 6.31. The Kier molecular flexibility index (Phi) is 3.38. The molecule has 1 fully saturated rings. The number of hydrogen-bond acceptors (Lipinski definition) is 4. The maximum absolute atomic E-state index is 12.2. The molecule has 2 N–H and O–H groups in total. The molecule has 2 heterocycles. The zero-order chi connectivity index (χ0) is 12.6. The van der Waals surface area contributed by atoms with Gasteiger partial charge in [-0.25, -0.2) is 0 Å². The molecule has 1 atom stereocenters. The summed E-state index contributed by atoms with van der Waals surface area (Å²) in [5, 5.41) is 4.26. The number of ketones is 1. The van der Waals surface area contributed by atoms with Gasteiger partial charge in [-0.15, -0.1) is 0 Å². The van der Waals surface area contributed by atoms with Gasteiger partial charge in [-0.1, -0.05) is 0 Å². The van der Waals surface area contributed by atoms with Gasteiger partial charge in [-0.2, -0.15) is 5.10 Å². The third-order valence-electron chi connectivity index (χ3n) is 3.20. The van der Waals surface area contributed by atoms with Crippen molar-refractivity contribution in [3.63, 3.8) is 0 Å². The van der Waals surface area contributed by atoms with E-state index < -0.39 is 5.54 Å². The van der Waals surface area contributed by atoms with E-state index in [2.05, 4.69) is 21.0 Å². The summed E-state index contributed by atoms with van der Waals surface area (Å²) in [5.41, 5.74) is 6.96. The smallest absolute Gasteiger partial charge is 0.161 e. The van der Waals surface area contributed by atoms with Crippen LogP contribution in [0.15, 0.2) is 4.47 Å². The van der Waals surface area contributed by atoms with Crippen molar-refractivity contribution in [2.24, 2.45) is 12.8 Å². The number of ether oxygens (including phenoxy) is 1. The minimum atomic E-state index is -0.822. The fraction of sp³-hybridized carbons (Fsp3) is 0.636. The second kappa shape index (κ2) is 4.51. The summed E-state index contributed by atoms with van der Waals surface area (Å²) in [5.74, 6) is 0.0127. The molecule has 1 aromatic rings. The number of hydrogen-bond donors (Lipinski definition) is 1. The van der Waals surface area contributed by atoms with Crippen molar-refractivity contribution in [1.82, 2.24) is 9.78 Å². The average molecular weight is 302 g/mol. The van der Waals surface area contributed by atoms with Crippen molar-refractivity contribution in [2.45, 2.75) is 25.3 Å². The molecule has 1 aliphatic heterocycles. The number of aryl methyl sites for hydroxylation is 2. The second-order valence-corrected chi connectivity index (χ2v) is 5.32. The van der Waals surface area contributed by atoms with E-state index in [0.717, 1.165) is 15.9 Å². The van der Waals surface area contributed by atoms with Gasteiger partial charge in [0.25, 0.3) is 0 Å². The van der Waals surface area contributed by atoms with Crippen LogP contribution in [0, 0.1) is 6.92 Å². The molecule has 94 valence electrons. The Morgan fingerprint density at radius 1 is 1.71 bits per heavy atom. The van der Waals surface area contributed by atoms with Crippen LogP contribution in [0.1, 0.15) is 17.8 Å². The van der Waals surface area contributed by atoms with Gasteiger partial charge < -0.3 is 10.5 Å². The third-order valence-corrected chi connectivity index (χ3v) is 4.23. The minimum absolute atomic E-state index is 0.0127. The van der Waals surface area contributed by atoms with Gasteiger partial charge in [0.05, 0.1) is 28.9 Å². The lowest BCUT2D eigenvalue weighted by atomic mass is 9.91. The molecule has 1 aliphatic rings. The summed E-state index contributed by atoms with van der Waals surface area (Å²) in [6, 6.07) is 0. The molecule has 0 bridgehead atoms. The van der Waals surface area contributed by atoms with E-state index in [1.165, 1.54) is 0 Å². The Labute approximate surface area is 108 Å². The van der Waals surface area contributed by atoms with Gasteiger partial charge in [0, 0.05) is 13.7 Å². The van der Waals surface area contributed by atoms with Crippen LogP contribution in [0.25, 0.3) is 0 Å². The van der Waals surface area contributed by atoms with Crippen molar-refractivity contribution in [3.8, 4) is 0 Å². The van der Waals surface area contributed by atoms with Crippen molar-refractivity contribution >= 4 is 21.7 Å². The quantitative estimate of drug-likeness (QED) is 0.893. The number of Topliss-reactive ketones (excluding diaryl/α,β-unsaturated/α-hetero) is 1. The normalized spacial score (nSPS) is 24.2. The molecule has 0 radical (unpaired) electrons. The van der Waals surface area contributed by atoms with Crippen LogP contribution in [-0.4, -0.2) is 34.3 Å². The number of rotatable bonds is 3. The maximum atomic E-state index is 12.2. The maximum Gasteiger partial charge on any atom is 0.161 e. The van der Waals surface area contributed by atoms with Crippen molar-refractivity contribution < 1.29 is 9.53 Å². The van der Waals surface area contributed by atoms with Gasteiger partial charge in [-0.05, 0) is 29.3 Å². The summed E-state index contributed by atoms with van der Waals surface area (Å²) < 4.78 is 7.81. The van der Waals surface area contributed by atoms with Crippen LogP contribution in [0.4, 0.5) is 0 Å². The molecule has 0 aromatic carbocycles. The van der Waals surface area contributed by atoms with Gasteiger partial charge in [0.1, 0.15) is 5.54 Å². The highest BCUT2D eigenvalue weighted by atomic mass is 79.9. The SMILES string of the molecule is Cc1nn(C)c(CC(=O)C2(N)CCOC2)c1Br. The third kappa shape index (κ3) is 2.29. The summed E-state index contributed by atoms with van der Waals surface area (Å²) in [6.45, 7) is 2.78. The van der Waals surface area contributed by atoms with Crippen molar-refractivity contribution in [2.75, 3.05) is 13.2 Å². The molecule has 6 heteroatoms. The Morgan fingerprint density at radius 2 is 2.41 bits per heavy atom. The summed E-state index contributed by atoms with van der Waals surface area (Å²) in [6.07, 6.45) is 0.887. The van der Waals surface area contributed by atoms with E-state index in [9.17, 15) is 4.79 Å². The first-order valence-electron chi connectivity index (χ1n) is 5.52. The first-order chi connectivity index (χ1) is 7.94. The lowest BCUT2D eigenvalue weighted by Gasteiger charge is -2.19. The number of halogens is 1. The molecule has 0 saturated carbocycles. The van der Waals surface area contributed by atoms with Crippen LogP contribution in [0.3, 0.4) is 0 Å². The molecule has 0 amide bonds. The van der Waals surface area contributed by atoms with Crippen LogP contribution < -0.4 is 5.73 Å². The zero-order valence-electron chi connectivity index (χ0n) is 9.99. The molecular formula is C11H16BrN3O2. The van der Waals surface area contributed by atoms with E-state index in [-0.39, 0.29) is 12.2 Å². The Balaban J connectivity index is 2.18. The first kappa shape index (κ1) is 12.7. The Morgan fingerprint density at radius 3 is 2.88 bits per heavy atom. The fourth-order valence-electron chi connectivity index (χ4n) is 2.00. The van der Waals surface area contributed by atoms with E-state index in [1.807, 2.05) is 14.0 Å². The number of carbonyl (C=O) groups excluding carboxylic acids is 1. The predicted molar refractivity (Wildman–Crippen MR) is 66.7 cm³/mol. The molecule has 17 heavy (non-hydrogen) atoms. The van der Waals surface area contributed by atoms with E-state index in [1.54, 1.807) is 4.68 Å². The zero-order valence-corrected chi connectivity index (χ0v) is 11.6. The molecule has 1 aromatic heterocycles. The minimum Gasteiger partial charge on any atom is -0.379 e. The standard InChI is InChI=1S/C11H16BrN3O2/c1-7-10(12)8(15(2)14-7)5-9(16)11(13)3-4-17-6-11/h3-6,13H2,1-2H3. The van der Waals surface area contributed by atoms with Gasteiger partial charge in [-0.3, -0.25) is 9.48 Å². The van der Waals surface area contributed by atoms with E-state index in [4.69, 9.17) is 10.5 Å². The lowest BCUT2D eigenvalue weighted by Crippen LogP contribution is -2.49. The van der Waals surface area contributed by atoms with Crippen LogP contribution in [0.5, 0.6) is 0 Å². The molecule has 2 rings (SSSR count). The highest BCUT2D eigenvalue weighted by Gasteiger charge is 2.38. The van der Waals surface area contributed by atoms with Gasteiger partial charge in [0.2, 0.25) is 0 Å². The fourth-order valence-corrected chi connectivity index (χ4v) is 2.48. The molecule has 5 nitrogen and oxygen atoms in total. The molecular weight excluding hydrogens is 286 g/mol. The van der Waals surface area contributed by atoms with Crippen LogP contribution >= 0.6 is 15.9 Å². The lowest BCUT2D eigenvalue weighted by molar-refractivity contribution is -0.123. The summed E-state index contributed by atoms with van der Waals surface area (Å²) >= 11 is 3.45. The van der Waals surface area contributed by atoms with E-state index in [0.29, 0.717) is 19.6 Å². The highest BCUT2D eigenvalue weighted by molar-refractivity contribution is 9.10. The van der Waals surface area contributed by atoms with E-state index >= 15 is 0 Å². The second-order valence-electron chi connectivity index (χ2n) is 4.53. The molecule has 0 aliphatic carbocycles. The van der Waals surface area contributed by atoms with Gasteiger partial charge >= 0.3 is 0 Å².